The number of hydrogen-bond donors (Lipinski definition) is 2. The number of carbonyl (C=O) groups excluding carboxylic acids is 3. The van der Waals surface area contributed by atoms with E-state index >= 15 is 0 Å². The Hall–Kier alpha value is -5.57. The Morgan fingerprint density at radius 3 is 2.39 bits per heavy atom. The van der Waals surface area contributed by atoms with Crippen LogP contribution in [0.5, 0.6) is 11.5 Å². The lowest BCUT2D eigenvalue weighted by Crippen LogP contribution is -2.44. The summed E-state index contributed by atoms with van der Waals surface area (Å²) in [7, 11) is 3.21. The first-order chi connectivity index (χ1) is 21.5. The summed E-state index contributed by atoms with van der Waals surface area (Å²) in [4.78, 5) is 47.4. The van der Waals surface area contributed by atoms with Gasteiger partial charge in [0.15, 0.2) is 0 Å². The van der Waals surface area contributed by atoms with Gasteiger partial charge in [-0.25, -0.2) is 9.69 Å². The molecule has 0 bridgehead atoms. The number of aromatic amines is 1. The number of urea groups is 1. The second-order valence-electron chi connectivity index (χ2n) is 10.9. The molecule has 1 aromatic heterocycles. The first kappa shape index (κ1) is 27.3. The molecule has 2 N–H and O–H groups in total. The fraction of sp³-hybridized carbons (Fsp3) is 0.171. The molecule has 5 aromatic rings. The zero-order valence-electron chi connectivity index (χ0n) is 24.2. The van der Waals surface area contributed by atoms with Gasteiger partial charge in [-0.2, -0.15) is 0 Å². The molecule has 220 valence electrons. The van der Waals surface area contributed by atoms with Crippen LogP contribution in [0.2, 0.25) is 0 Å². The predicted octanol–water partition coefficient (Wildman–Crippen LogP) is 5.60. The molecule has 9 nitrogen and oxygen atoms in total. The van der Waals surface area contributed by atoms with Crippen molar-refractivity contribution in [1.82, 2.24) is 15.2 Å². The van der Waals surface area contributed by atoms with Gasteiger partial charge < -0.3 is 19.8 Å². The molecule has 9 heteroatoms. The van der Waals surface area contributed by atoms with E-state index in [2.05, 4.69) is 10.3 Å². The van der Waals surface area contributed by atoms with E-state index in [-0.39, 0.29) is 11.8 Å². The molecule has 0 saturated carbocycles. The van der Waals surface area contributed by atoms with Crippen LogP contribution in [0.3, 0.4) is 0 Å². The van der Waals surface area contributed by atoms with Crippen LogP contribution < -0.4 is 19.7 Å². The zero-order valence-corrected chi connectivity index (χ0v) is 24.2. The number of H-pyrrole nitrogens is 1. The Morgan fingerprint density at radius 2 is 1.64 bits per heavy atom. The molecule has 2 unspecified atom stereocenters. The van der Waals surface area contributed by atoms with Gasteiger partial charge in [0.1, 0.15) is 23.6 Å². The van der Waals surface area contributed by atoms with Gasteiger partial charge in [0.05, 0.1) is 19.9 Å². The number of para-hydroxylation sites is 1. The number of nitrogens with one attached hydrogen (secondary N) is 2. The average Bonchev–Trinajstić information content (AvgIpc) is 3.56. The molecule has 4 aromatic carbocycles. The van der Waals surface area contributed by atoms with Crippen LogP contribution in [0.25, 0.3) is 10.9 Å². The maximum atomic E-state index is 14.1. The van der Waals surface area contributed by atoms with E-state index in [1.165, 1.54) is 4.90 Å². The number of fused-ring (bicyclic) bond motifs is 4. The van der Waals surface area contributed by atoms with E-state index in [4.69, 9.17) is 9.47 Å². The minimum atomic E-state index is -0.683. The van der Waals surface area contributed by atoms with Gasteiger partial charge in [0, 0.05) is 35.1 Å². The molecule has 2 atom stereocenters. The van der Waals surface area contributed by atoms with Gasteiger partial charge in [-0.05, 0) is 71.3 Å². The molecule has 0 radical (unpaired) electrons. The standard InChI is InChI=1S/C35H30N4O5/c1-43-25-16-10-21(11-17-25)20-36-33(40)22-12-14-24(15-13-22)38-34(41)30-19-28-27-8-3-4-9-29(27)37-31(28)32(39(30)35(38)42)23-6-5-7-26(18-23)44-2/h3-18,30,32,37H,19-20H2,1-2H3,(H,36,40). The third-order valence-electron chi connectivity index (χ3n) is 8.46. The van der Waals surface area contributed by atoms with Gasteiger partial charge in [0.2, 0.25) is 0 Å². The van der Waals surface area contributed by atoms with Gasteiger partial charge in [-0.1, -0.05) is 42.5 Å². The lowest BCUT2D eigenvalue weighted by atomic mass is 9.89. The van der Waals surface area contributed by atoms with Crippen LogP contribution in [-0.4, -0.2) is 48.0 Å². The number of hydrogen-bond acceptors (Lipinski definition) is 5. The second-order valence-corrected chi connectivity index (χ2v) is 10.9. The van der Waals surface area contributed by atoms with Crippen molar-refractivity contribution in [2.45, 2.75) is 25.0 Å². The highest BCUT2D eigenvalue weighted by Crippen LogP contribution is 2.45. The normalized spacial score (nSPS) is 17.4. The van der Waals surface area contributed by atoms with Crippen molar-refractivity contribution >= 4 is 34.4 Å². The molecular weight excluding hydrogens is 556 g/mol. The van der Waals surface area contributed by atoms with E-state index in [0.29, 0.717) is 30.0 Å². The Bertz CT molecular complexity index is 1900. The minimum absolute atomic E-state index is 0.257. The van der Waals surface area contributed by atoms with Crippen molar-refractivity contribution < 1.29 is 23.9 Å². The van der Waals surface area contributed by atoms with Crippen LogP contribution in [-0.2, 0) is 17.8 Å². The second kappa shape index (κ2) is 10.9. The van der Waals surface area contributed by atoms with Crippen molar-refractivity contribution in [3.05, 3.63) is 125 Å². The Kier molecular flexibility index (Phi) is 6.77. The number of amides is 4. The number of aromatic nitrogens is 1. The van der Waals surface area contributed by atoms with Crippen molar-refractivity contribution in [3.63, 3.8) is 0 Å². The lowest BCUT2D eigenvalue weighted by molar-refractivity contribution is -0.120. The monoisotopic (exact) mass is 586 g/mol. The number of rotatable bonds is 7. The maximum Gasteiger partial charge on any atom is 0.332 e. The van der Waals surface area contributed by atoms with Crippen molar-refractivity contribution in [3.8, 4) is 11.5 Å². The molecular formula is C35H30N4O5. The van der Waals surface area contributed by atoms with Crippen molar-refractivity contribution in [2.24, 2.45) is 0 Å². The summed E-state index contributed by atoms with van der Waals surface area (Å²) in [6.07, 6.45) is 0.396. The molecule has 1 fully saturated rings. The molecule has 44 heavy (non-hydrogen) atoms. The number of imide groups is 1. The fourth-order valence-electron chi connectivity index (χ4n) is 6.26. The van der Waals surface area contributed by atoms with E-state index in [0.717, 1.165) is 39.0 Å². The number of methoxy groups -OCH3 is 2. The molecule has 2 aliphatic heterocycles. The van der Waals surface area contributed by atoms with E-state index in [1.807, 2.05) is 72.8 Å². The average molecular weight is 587 g/mol. The summed E-state index contributed by atoms with van der Waals surface area (Å²) in [6.45, 7) is 0.352. The van der Waals surface area contributed by atoms with Crippen LogP contribution in [0, 0.1) is 0 Å². The third-order valence-corrected chi connectivity index (χ3v) is 8.46. The van der Waals surface area contributed by atoms with Gasteiger partial charge in [0.25, 0.3) is 11.8 Å². The largest absolute Gasteiger partial charge is 0.497 e. The highest BCUT2D eigenvalue weighted by atomic mass is 16.5. The van der Waals surface area contributed by atoms with Crippen LogP contribution in [0.4, 0.5) is 10.5 Å². The molecule has 2 aliphatic rings. The molecule has 4 amide bonds. The number of benzene rings is 4. The summed E-state index contributed by atoms with van der Waals surface area (Å²) in [5.74, 6) is 0.856. The topological polar surface area (TPSA) is 104 Å². The van der Waals surface area contributed by atoms with Gasteiger partial charge in [-0.3, -0.25) is 14.5 Å². The van der Waals surface area contributed by atoms with E-state index in [9.17, 15) is 14.4 Å². The smallest absolute Gasteiger partial charge is 0.332 e. The number of ether oxygens (including phenoxy) is 2. The Labute approximate surface area is 254 Å². The predicted molar refractivity (Wildman–Crippen MR) is 166 cm³/mol. The third kappa shape index (κ3) is 4.53. The number of nitrogens with zero attached hydrogens (tertiary/aromatic N) is 2. The first-order valence-electron chi connectivity index (χ1n) is 14.4. The van der Waals surface area contributed by atoms with Crippen LogP contribution in [0.15, 0.2) is 97.1 Å². The Morgan fingerprint density at radius 1 is 0.886 bits per heavy atom. The first-order valence-corrected chi connectivity index (χ1v) is 14.4. The SMILES string of the molecule is COc1ccc(CNC(=O)c2ccc(N3C(=O)C4Cc5c([nH]c6ccccc56)C(c5cccc(OC)c5)N4C3=O)cc2)cc1. The quantitative estimate of drug-likeness (QED) is 0.242. The lowest BCUT2D eigenvalue weighted by Gasteiger charge is -2.36. The van der Waals surface area contributed by atoms with Gasteiger partial charge in [-0.15, -0.1) is 0 Å². The summed E-state index contributed by atoms with van der Waals surface area (Å²) < 4.78 is 10.7. The van der Waals surface area contributed by atoms with E-state index in [1.54, 1.807) is 43.4 Å². The van der Waals surface area contributed by atoms with Crippen LogP contribution in [0.1, 0.15) is 38.8 Å². The molecule has 3 heterocycles. The number of anilines is 1. The maximum absolute atomic E-state index is 14.1. The summed E-state index contributed by atoms with van der Waals surface area (Å²) in [5, 5.41) is 3.95. The van der Waals surface area contributed by atoms with Crippen molar-refractivity contribution in [1.29, 1.82) is 0 Å². The molecule has 7 rings (SSSR count). The van der Waals surface area contributed by atoms with E-state index < -0.39 is 18.1 Å². The highest BCUT2D eigenvalue weighted by molar-refractivity contribution is 6.22. The summed E-state index contributed by atoms with van der Waals surface area (Å²) in [5.41, 5.74) is 5.50. The molecule has 0 spiro atoms. The zero-order chi connectivity index (χ0) is 30.4. The van der Waals surface area contributed by atoms with Gasteiger partial charge >= 0.3 is 6.03 Å². The van der Waals surface area contributed by atoms with Crippen molar-refractivity contribution in [2.75, 3.05) is 19.1 Å². The molecule has 0 aliphatic carbocycles. The molecule has 1 saturated heterocycles. The fourth-order valence-corrected chi connectivity index (χ4v) is 6.26. The van der Waals surface area contributed by atoms with Crippen LogP contribution >= 0.6 is 0 Å². The Balaban J connectivity index is 1.18. The number of carbonyl (C=O) groups is 3. The summed E-state index contributed by atoms with van der Waals surface area (Å²) >= 11 is 0. The minimum Gasteiger partial charge on any atom is -0.497 e. The summed E-state index contributed by atoms with van der Waals surface area (Å²) in [6, 6.07) is 28.0. The highest BCUT2D eigenvalue weighted by Gasteiger charge is 2.53.